The molecule has 3 heterocycles. The first-order valence-electron chi connectivity index (χ1n) is 23.3. The van der Waals surface area contributed by atoms with Crippen LogP contribution in [0.2, 0.25) is 0 Å². The molecular weight excluding hydrogens is 943 g/mol. The highest BCUT2D eigenvalue weighted by molar-refractivity contribution is 7.85. The van der Waals surface area contributed by atoms with Gasteiger partial charge in [-0.3, -0.25) is 23.5 Å². The molecule has 6 rings (SSSR count). The summed E-state index contributed by atoms with van der Waals surface area (Å²) in [5.41, 5.74) is 2.94. The summed E-state index contributed by atoms with van der Waals surface area (Å²) in [6.45, 7) is 7.97. The lowest BCUT2D eigenvalue weighted by molar-refractivity contribution is -0.645. The molecule has 3 aromatic heterocycles. The molecule has 382 valence electrons. The number of aryl methyl sites for hydroxylation is 5. The zero-order valence-corrected chi connectivity index (χ0v) is 41.2. The largest absolute Gasteiger partial charge is 0.748 e. The smallest absolute Gasteiger partial charge is 0.345 e. The molecule has 0 aliphatic carbocycles. The molecule has 0 radical (unpaired) electrons. The Labute approximate surface area is 410 Å². The van der Waals surface area contributed by atoms with E-state index < -0.39 is 33.1 Å². The van der Waals surface area contributed by atoms with Gasteiger partial charge in [0.25, 0.3) is 11.5 Å². The van der Waals surface area contributed by atoms with E-state index in [-0.39, 0.29) is 55.5 Å². The van der Waals surface area contributed by atoms with E-state index in [2.05, 4.69) is 20.6 Å². The number of aromatic amines is 1. The number of aromatic nitrogens is 5. The van der Waals surface area contributed by atoms with Crippen molar-refractivity contribution >= 4 is 60.9 Å². The summed E-state index contributed by atoms with van der Waals surface area (Å²) in [6.07, 6.45) is 1.34. The Morgan fingerprint density at radius 3 is 1.80 bits per heavy atom. The first kappa shape index (κ1) is 53.9. The second-order valence-corrected chi connectivity index (χ2v) is 18.1. The summed E-state index contributed by atoms with van der Waals surface area (Å²) >= 11 is 0. The minimum atomic E-state index is -4.39. The highest BCUT2D eigenvalue weighted by Crippen LogP contribution is 2.30. The standard InChI is InChI=1S/C49H61N7O14S/c1-33-31-35(32-34(2)44(33)70-48(60)42-36-11-5-7-13-38(36)56(19-10-30-71(62,63)64)39-14-8-6-12-37(39)42)46(58)51-18-21-66-23-25-68-27-29-69-28-26-67-24-22-65-20-17-50-41(57)16-9-15-40-52-43-45(53-40)54(3)49(61)55(4)47(43)59/h5-8,11-14,31-32H,9-10,15-30H2,1-4H3,(H3-,50,51,52,53,57,58,59,62,63,64). The number of nitrogens with zero attached hydrogens (tertiary/aromatic N) is 4. The molecule has 0 unspecified atom stereocenters. The number of fused-ring (bicyclic) bond motifs is 3. The number of ether oxygens (including phenoxy) is 6. The Morgan fingerprint density at radius 2 is 1.25 bits per heavy atom. The molecule has 2 amide bonds. The van der Waals surface area contributed by atoms with Gasteiger partial charge in [0, 0.05) is 69.9 Å². The Kier molecular flexibility index (Phi) is 19.9. The van der Waals surface area contributed by atoms with Crippen LogP contribution in [-0.4, -0.2) is 135 Å². The third-order valence-electron chi connectivity index (χ3n) is 11.4. The van der Waals surface area contributed by atoms with Crippen LogP contribution in [0.15, 0.2) is 70.3 Å². The van der Waals surface area contributed by atoms with Crippen molar-refractivity contribution in [3.63, 3.8) is 0 Å². The molecule has 0 atom stereocenters. The number of imidazole rings is 1. The van der Waals surface area contributed by atoms with E-state index >= 15 is 0 Å². The summed E-state index contributed by atoms with van der Waals surface area (Å²) in [6, 6.07) is 17.8. The van der Waals surface area contributed by atoms with Crippen molar-refractivity contribution < 1.29 is 60.3 Å². The van der Waals surface area contributed by atoms with Crippen molar-refractivity contribution in [1.82, 2.24) is 29.7 Å². The fourth-order valence-electron chi connectivity index (χ4n) is 7.94. The maximum absolute atomic E-state index is 14.0. The van der Waals surface area contributed by atoms with Gasteiger partial charge >= 0.3 is 11.7 Å². The highest BCUT2D eigenvalue weighted by Gasteiger charge is 2.26. The van der Waals surface area contributed by atoms with Gasteiger partial charge in [0.05, 0.1) is 92.5 Å². The SMILES string of the molecule is Cc1cc(C(=O)NCCOCCOCCOCCOCCOCCNC(=O)CCCc2nc3c([nH]2)c(=O)n(C)c(=O)n3C)cc(C)c1OC(=O)c1c2ccccc2[n+](CCCS(=O)(=O)[O-])c2ccccc12. The first-order valence-corrected chi connectivity index (χ1v) is 24.9. The average molecular weight is 1000 g/mol. The number of hydrogen-bond acceptors (Lipinski definition) is 15. The van der Waals surface area contributed by atoms with Crippen LogP contribution in [-0.2, 0) is 65.7 Å². The molecule has 0 bridgehead atoms. The quantitative estimate of drug-likeness (QED) is 0.0152. The molecule has 0 aliphatic rings. The van der Waals surface area contributed by atoms with Gasteiger partial charge in [-0.2, -0.15) is 4.57 Å². The topological polar surface area (TPSA) is 264 Å². The number of H-pyrrole nitrogens is 1. The van der Waals surface area contributed by atoms with Crippen LogP contribution >= 0.6 is 0 Å². The van der Waals surface area contributed by atoms with Gasteiger partial charge in [0.1, 0.15) is 17.1 Å². The number of rotatable bonds is 29. The maximum atomic E-state index is 14.0. The molecule has 22 heteroatoms. The van der Waals surface area contributed by atoms with E-state index in [9.17, 15) is 36.9 Å². The van der Waals surface area contributed by atoms with Crippen LogP contribution in [0.25, 0.3) is 33.0 Å². The van der Waals surface area contributed by atoms with E-state index in [4.69, 9.17) is 28.4 Å². The summed E-state index contributed by atoms with van der Waals surface area (Å²) in [4.78, 5) is 71.0. The monoisotopic (exact) mass is 1000 g/mol. The Morgan fingerprint density at radius 1 is 0.732 bits per heavy atom. The van der Waals surface area contributed by atoms with E-state index in [0.29, 0.717) is 134 Å². The van der Waals surface area contributed by atoms with Crippen LogP contribution in [0.4, 0.5) is 0 Å². The number of nitrogens with one attached hydrogen (secondary N) is 3. The van der Waals surface area contributed by atoms with Crippen molar-refractivity contribution in [1.29, 1.82) is 0 Å². The molecule has 6 aromatic rings. The minimum Gasteiger partial charge on any atom is -0.748 e. The number of amides is 2. The van der Waals surface area contributed by atoms with Crippen LogP contribution in [0.5, 0.6) is 5.75 Å². The Bertz CT molecular complexity index is 2980. The second-order valence-electron chi connectivity index (χ2n) is 16.6. The van der Waals surface area contributed by atoms with Gasteiger partial charge in [-0.1, -0.05) is 24.3 Å². The molecule has 0 aliphatic heterocycles. The van der Waals surface area contributed by atoms with Crippen LogP contribution < -0.4 is 31.2 Å². The van der Waals surface area contributed by atoms with E-state index in [1.165, 1.54) is 11.6 Å². The predicted octanol–water partition coefficient (Wildman–Crippen LogP) is 2.28. The van der Waals surface area contributed by atoms with Gasteiger partial charge in [-0.05, 0) is 55.7 Å². The lowest BCUT2D eigenvalue weighted by Gasteiger charge is -2.15. The summed E-state index contributed by atoms with van der Waals surface area (Å²) < 4.78 is 71.9. The fraction of sp³-hybridized carbons (Fsp3) is 0.449. The number of carbonyl (C=O) groups excluding carboxylic acids is 3. The molecule has 0 spiro atoms. The zero-order valence-electron chi connectivity index (χ0n) is 40.4. The lowest BCUT2D eigenvalue weighted by atomic mass is 10.0. The van der Waals surface area contributed by atoms with Crippen LogP contribution in [0.3, 0.4) is 0 Å². The summed E-state index contributed by atoms with van der Waals surface area (Å²) in [7, 11) is -1.43. The van der Waals surface area contributed by atoms with E-state index in [1.807, 2.05) is 28.8 Å². The Hall–Kier alpha value is -6.40. The molecule has 0 saturated carbocycles. The highest BCUT2D eigenvalue weighted by atomic mass is 32.2. The predicted molar refractivity (Wildman–Crippen MR) is 261 cm³/mol. The number of pyridine rings is 1. The minimum absolute atomic E-state index is 0.109. The number of hydrogen-bond donors (Lipinski definition) is 3. The van der Waals surface area contributed by atoms with Gasteiger partial charge in [-0.15, -0.1) is 0 Å². The number of para-hydroxylation sites is 2. The third-order valence-corrected chi connectivity index (χ3v) is 12.2. The lowest BCUT2D eigenvalue weighted by Crippen LogP contribution is -2.37. The maximum Gasteiger partial charge on any atom is 0.345 e. The first-order chi connectivity index (χ1) is 34.1. The fourth-order valence-corrected chi connectivity index (χ4v) is 8.42. The van der Waals surface area contributed by atoms with E-state index in [1.54, 1.807) is 57.3 Å². The molecule has 71 heavy (non-hydrogen) atoms. The van der Waals surface area contributed by atoms with Crippen molar-refractivity contribution in [2.24, 2.45) is 14.1 Å². The molecule has 0 saturated heterocycles. The van der Waals surface area contributed by atoms with Crippen molar-refractivity contribution in [3.05, 3.63) is 110 Å². The van der Waals surface area contributed by atoms with Gasteiger partial charge < -0.3 is 48.6 Å². The number of benzene rings is 3. The van der Waals surface area contributed by atoms with Crippen molar-refractivity contribution in [3.8, 4) is 5.75 Å². The third kappa shape index (κ3) is 15.1. The Balaban J connectivity index is 0.780. The van der Waals surface area contributed by atoms with Crippen molar-refractivity contribution in [2.45, 2.75) is 46.1 Å². The van der Waals surface area contributed by atoms with Gasteiger partial charge in [0.15, 0.2) is 12.2 Å². The normalized spacial score (nSPS) is 11.7. The van der Waals surface area contributed by atoms with Crippen LogP contribution in [0.1, 0.15) is 56.9 Å². The van der Waals surface area contributed by atoms with E-state index in [0.717, 1.165) is 4.57 Å². The molecule has 3 aromatic carbocycles. The zero-order chi connectivity index (χ0) is 50.9. The number of esters is 1. The summed E-state index contributed by atoms with van der Waals surface area (Å²) in [5.74, 6) is -0.664. The summed E-state index contributed by atoms with van der Waals surface area (Å²) in [5, 5.41) is 6.86. The molecule has 21 nitrogen and oxygen atoms in total. The number of carbonyl (C=O) groups is 3. The molecule has 0 fully saturated rings. The molecule has 3 N–H and O–H groups in total. The second kappa shape index (κ2) is 26.2. The van der Waals surface area contributed by atoms with Gasteiger partial charge in [-0.25, -0.2) is 23.0 Å². The molecular formula is C49H61N7O14S. The van der Waals surface area contributed by atoms with Crippen LogP contribution in [0, 0.1) is 13.8 Å². The average Bonchev–Trinajstić information content (AvgIpc) is 3.78. The van der Waals surface area contributed by atoms with Crippen molar-refractivity contribution in [2.75, 3.05) is 84.9 Å². The van der Waals surface area contributed by atoms with Gasteiger partial charge in [0.2, 0.25) is 16.9 Å².